The van der Waals surface area contributed by atoms with Gasteiger partial charge in [0.2, 0.25) is 5.91 Å². The van der Waals surface area contributed by atoms with Gasteiger partial charge >= 0.3 is 0 Å². The van der Waals surface area contributed by atoms with E-state index in [0.717, 1.165) is 19.6 Å². The van der Waals surface area contributed by atoms with Crippen LogP contribution in [0.4, 0.5) is 5.69 Å². The Morgan fingerprint density at radius 2 is 1.78 bits per heavy atom. The van der Waals surface area contributed by atoms with Gasteiger partial charge in [-0.1, -0.05) is 23.7 Å². The van der Waals surface area contributed by atoms with E-state index in [4.69, 9.17) is 16.3 Å². The lowest BCUT2D eigenvalue weighted by Gasteiger charge is -2.27. The van der Waals surface area contributed by atoms with Crippen LogP contribution >= 0.6 is 11.6 Å². The van der Waals surface area contributed by atoms with E-state index in [-0.39, 0.29) is 22.4 Å². The lowest BCUT2D eigenvalue weighted by atomic mass is 10.1. The summed E-state index contributed by atoms with van der Waals surface area (Å²) >= 11 is 6.18. The topological polar surface area (TPSA) is 79.0 Å². The average Bonchev–Trinajstić information content (AvgIpc) is 2.86. The van der Waals surface area contributed by atoms with Crippen molar-refractivity contribution in [3.8, 4) is 0 Å². The zero-order valence-corrected chi connectivity index (χ0v) is 15.9. The molecule has 2 heterocycles. The zero-order valence-electron chi connectivity index (χ0n) is 15.2. The molecule has 0 saturated carbocycles. The Morgan fingerprint density at radius 1 is 1.11 bits per heavy atom. The summed E-state index contributed by atoms with van der Waals surface area (Å²) in [5, 5.41) is 2.60. The number of hydrogen-bond acceptors (Lipinski definition) is 5. The van der Waals surface area contributed by atoms with Gasteiger partial charge in [0.15, 0.2) is 0 Å². The Labute approximate surface area is 162 Å². The molecule has 3 amide bonds. The largest absolute Gasteiger partial charge is 0.379 e. The Bertz CT molecular complexity index is 770. The van der Waals surface area contributed by atoms with Gasteiger partial charge in [-0.2, -0.15) is 0 Å². The van der Waals surface area contributed by atoms with Crippen LogP contribution in [-0.2, 0) is 19.1 Å². The van der Waals surface area contributed by atoms with Gasteiger partial charge in [0, 0.05) is 38.8 Å². The predicted molar refractivity (Wildman–Crippen MR) is 102 cm³/mol. The first-order chi connectivity index (χ1) is 13.0. The molecule has 0 spiro atoms. The number of rotatable bonds is 6. The molecule has 27 heavy (non-hydrogen) atoms. The lowest BCUT2D eigenvalue weighted by Crippen LogP contribution is -2.39. The van der Waals surface area contributed by atoms with E-state index in [2.05, 4.69) is 10.2 Å². The Morgan fingerprint density at radius 3 is 2.41 bits per heavy atom. The summed E-state index contributed by atoms with van der Waals surface area (Å²) in [6.45, 7) is 5.72. The minimum atomic E-state index is -0.454. The lowest BCUT2D eigenvalue weighted by molar-refractivity contribution is -0.136. The molecule has 3 rings (SSSR count). The molecule has 0 unspecified atom stereocenters. The van der Waals surface area contributed by atoms with Gasteiger partial charge in [0.25, 0.3) is 11.8 Å². The van der Waals surface area contributed by atoms with Crippen LogP contribution in [0.1, 0.15) is 18.9 Å². The van der Waals surface area contributed by atoms with Crippen molar-refractivity contribution in [2.45, 2.75) is 13.3 Å². The van der Waals surface area contributed by atoms with Gasteiger partial charge in [-0.25, -0.2) is 0 Å². The maximum atomic E-state index is 12.7. The van der Waals surface area contributed by atoms with Crippen LogP contribution < -0.4 is 5.32 Å². The van der Waals surface area contributed by atoms with Crippen molar-refractivity contribution < 1.29 is 19.1 Å². The van der Waals surface area contributed by atoms with Gasteiger partial charge in [-0.3, -0.25) is 24.2 Å². The van der Waals surface area contributed by atoms with Crippen LogP contribution in [0.5, 0.6) is 0 Å². The molecule has 1 aromatic rings. The molecule has 0 aliphatic carbocycles. The number of imide groups is 1. The molecule has 1 N–H and O–H groups in total. The van der Waals surface area contributed by atoms with Crippen LogP contribution in [0, 0.1) is 0 Å². The fraction of sp³-hybridized carbons (Fsp3) is 0.421. The Kier molecular flexibility index (Phi) is 6.26. The normalized spacial score (nSPS) is 18.4. The number of halogens is 1. The summed E-state index contributed by atoms with van der Waals surface area (Å²) in [6.07, 6.45) is 0.691. The first-order valence-corrected chi connectivity index (χ1v) is 9.29. The van der Waals surface area contributed by atoms with Crippen molar-refractivity contribution in [1.29, 1.82) is 0 Å². The second kappa shape index (κ2) is 8.65. The number of nitrogens with zero attached hydrogens (tertiary/aromatic N) is 2. The van der Waals surface area contributed by atoms with Crippen LogP contribution in [0.2, 0.25) is 0 Å². The number of hydrogen-bond donors (Lipinski definition) is 1. The molecule has 0 radical (unpaired) electrons. The predicted octanol–water partition coefficient (Wildman–Crippen LogP) is 1.69. The van der Waals surface area contributed by atoms with Gasteiger partial charge in [-0.05, 0) is 24.1 Å². The highest BCUT2D eigenvalue weighted by Crippen LogP contribution is 2.32. The van der Waals surface area contributed by atoms with Crippen LogP contribution in [0.3, 0.4) is 0 Å². The first kappa shape index (κ1) is 19.5. The molecule has 0 aromatic heterocycles. The molecular weight excluding hydrogens is 370 g/mol. The summed E-state index contributed by atoms with van der Waals surface area (Å²) in [4.78, 5) is 39.7. The summed E-state index contributed by atoms with van der Waals surface area (Å²) in [5.74, 6) is -1.01. The van der Waals surface area contributed by atoms with Crippen molar-refractivity contribution in [3.63, 3.8) is 0 Å². The van der Waals surface area contributed by atoms with Gasteiger partial charge in [0.05, 0.1) is 18.8 Å². The number of anilines is 1. The summed E-state index contributed by atoms with van der Waals surface area (Å²) in [5.41, 5.74) is 1.38. The average molecular weight is 392 g/mol. The van der Waals surface area contributed by atoms with Crippen LogP contribution in [-0.4, -0.2) is 66.9 Å². The van der Waals surface area contributed by atoms with Crippen molar-refractivity contribution in [3.05, 3.63) is 34.9 Å². The molecular formula is C19H22ClN3O4. The van der Waals surface area contributed by atoms with Crippen LogP contribution in [0.15, 0.2) is 29.3 Å². The van der Waals surface area contributed by atoms with E-state index < -0.39 is 5.91 Å². The number of benzene rings is 1. The molecule has 0 bridgehead atoms. The summed E-state index contributed by atoms with van der Waals surface area (Å²) in [6, 6.07) is 6.69. The number of carbonyl (C=O) groups excluding carboxylic acids is 3. The highest BCUT2D eigenvalue weighted by atomic mass is 35.5. The van der Waals surface area contributed by atoms with E-state index in [1.165, 1.54) is 11.8 Å². The molecule has 7 nitrogen and oxygen atoms in total. The molecule has 8 heteroatoms. The Hall–Kier alpha value is -2.22. The zero-order chi connectivity index (χ0) is 19.4. The highest BCUT2D eigenvalue weighted by Gasteiger charge is 2.37. The van der Waals surface area contributed by atoms with E-state index in [9.17, 15) is 14.4 Å². The van der Waals surface area contributed by atoms with Crippen molar-refractivity contribution in [2.75, 3.05) is 44.7 Å². The molecule has 1 aromatic carbocycles. The summed E-state index contributed by atoms with van der Waals surface area (Å²) in [7, 11) is 0. The smallest absolute Gasteiger partial charge is 0.273 e. The molecule has 0 atom stereocenters. The number of nitrogens with one attached hydrogen (secondary N) is 1. The first-order valence-electron chi connectivity index (χ1n) is 8.91. The van der Waals surface area contributed by atoms with Crippen molar-refractivity contribution >= 4 is 40.6 Å². The van der Waals surface area contributed by atoms with Gasteiger partial charge < -0.3 is 10.1 Å². The van der Waals surface area contributed by atoms with E-state index in [1.807, 2.05) is 0 Å². The van der Waals surface area contributed by atoms with Gasteiger partial charge in [-0.15, -0.1) is 0 Å². The quantitative estimate of drug-likeness (QED) is 0.746. The third-order valence-corrected chi connectivity index (χ3v) is 4.92. The number of amides is 3. The van der Waals surface area contributed by atoms with Gasteiger partial charge in [0.1, 0.15) is 5.03 Å². The third-order valence-electron chi connectivity index (χ3n) is 4.57. The second-order valence-electron chi connectivity index (χ2n) is 6.52. The minimum absolute atomic E-state index is 0.0568. The van der Waals surface area contributed by atoms with Crippen LogP contribution in [0.25, 0.3) is 5.57 Å². The second-order valence-corrected chi connectivity index (χ2v) is 6.89. The van der Waals surface area contributed by atoms with E-state index in [0.29, 0.717) is 37.4 Å². The van der Waals surface area contributed by atoms with Crippen molar-refractivity contribution in [2.24, 2.45) is 0 Å². The maximum Gasteiger partial charge on any atom is 0.273 e. The minimum Gasteiger partial charge on any atom is -0.379 e. The van der Waals surface area contributed by atoms with E-state index in [1.54, 1.807) is 24.3 Å². The summed E-state index contributed by atoms with van der Waals surface area (Å²) < 4.78 is 5.31. The fourth-order valence-corrected chi connectivity index (χ4v) is 3.49. The van der Waals surface area contributed by atoms with Crippen molar-refractivity contribution in [1.82, 2.24) is 9.80 Å². The number of ether oxygens (including phenoxy) is 1. The Balaban J connectivity index is 1.63. The SMILES string of the molecule is CC(=O)Nc1ccc(C2=C(Cl)C(=O)N(CCCN3CCOCC3)C2=O)cc1. The monoisotopic (exact) mass is 391 g/mol. The molecule has 1 fully saturated rings. The van der Waals surface area contributed by atoms with E-state index >= 15 is 0 Å². The third kappa shape index (κ3) is 4.55. The highest BCUT2D eigenvalue weighted by molar-refractivity contribution is 6.55. The number of carbonyl (C=O) groups is 3. The molecule has 144 valence electrons. The molecule has 2 aliphatic rings. The number of morpholine rings is 1. The standard InChI is InChI=1S/C19H22ClN3O4/c1-13(24)21-15-5-3-14(4-6-15)16-17(20)19(26)23(18(16)25)8-2-7-22-9-11-27-12-10-22/h3-6H,2,7-12H2,1H3,(H,21,24). The maximum absolute atomic E-state index is 12.7. The molecule has 2 aliphatic heterocycles. The fourth-order valence-electron chi connectivity index (χ4n) is 3.20. The molecule has 1 saturated heterocycles.